The molecule has 3 rings (SSSR count). The van der Waals surface area contributed by atoms with Crippen LogP contribution in [0.25, 0.3) is 11.1 Å². The fourth-order valence-electron chi connectivity index (χ4n) is 2.43. The molecule has 3 aromatic rings. The summed E-state index contributed by atoms with van der Waals surface area (Å²) in [6.07, 6.45) is -4.71. The molecule has 0 aliphatic carbocycles. The van der Waals surface area contributed by atoms with Crippen molar-refractivity contribution in [3.05, 3.63) is 82.8 Å². The van der Waals surface area contributed by atoms with Gasteiger partial charge in [-0.25, -0.2) is 0 Å². The van der Waals surface area contributed by atoms with Crippen LogP contribution in [0.4, 0.5) is 13.2 Å². The summed E-state index contributed by atoms with van der Waals surface area (Å²) < 4.78 is 47.6. The van der Waals surface area contributed by atoms with Crippen molar-refractivity contribution in [1.29, 1.82) is 0 Å². The van der Waals surface area contributed by atoms with Crippen LogP contribution in [0.3, 0.4) is 0 Å². The van der Waals surface area contributed by atoms with Crippen LogP contribution in [-0.2, 0) is 6.61 Å². The molecule has 3 aromatic carbocycles. The zero-order chi connectivity index (χ0) is 18.6. The van der Waals surface area contributed by atoms with Gasteiger partial charge in [-0.05, 0) is 41.5 Å². The lowest BCUT2D eigenvalue weighted by molar-refractivity contribution is -0.274. The molecule has 0 aliphatic heterocycles. The van der Waals surface area contributed by atoms with Crippen molar-refractivity contribution in [2.75, 3.05) is 0 Å². The van der Waals surface area contributed by atoms with Crippen LogP contribution in [0.15, 0.2) is 77.3 Å². The lowest BCUT2D eigenvalue weighted by Crippen LogP contribution is -2.16. The van der Waals surface area contributed by atoms with E-state index in [1.807, 2.05) is 48.5 Å². The third-order valence-electron chi connectivity index (χ3n) is 3.58. The number of benzene rings is 3. The quantitative estimate of drug-likeness (QED) is 0.461. The minimum Gasteiger partial charge on any atom is -0.488 e. The summed E-state index contributed by atoms with van der Waals surface area (Å²) in [6.45, 7) is 0.394. The SMILES string of the molecule is FC(F)(F)Oc1ccc(-c2cc(Br)ccc2OCc2ccccc2)cc1. The van der Waals surface area contributed by atoms with E-state index in [2.05, 4.69) is 20.7 Å². The smallest absolute Gasteiger partial charge is 0.488 e. The van der Waals surface area contributed by atoms with Crippen molar-refractivity contribution in [3.63, 3.8) is 0 Å². The van der Waals surface area contributed by atoms with Crippen LogP contribution < -0.4 is 9.47 Å². The summed E-state index contributed by atoms with van der Waals surface area (Å²) in [6, 6.07) is 20.9. The summed E-state index contributed by atoms with van der Waals surface area (Å²) in [7, 11) is 0. The van der Waals surface area contributed by atoms with Crippen LogP contribution in [0.5, 0.6) is 11.5 Å². The number of ether oxygens (including phenoxy) is 2. The molecule has 2 nitrogen and oxygen atoms in total. The average Bonchev–Trinajstić information content (AvgIpc) is 2.61. The first-order valence-corrected chi connectivity index (χ1v) is 8.52. The molecule has 134 valence electrons. The molecule has 0 aliphatic rings. The number of rotatable bonds is 5. The van der Waals surface area contributed by atoms with E-state index in [1.54, 1.807) is 12.1 Å². The van der Waals surface area contributed by atoms with Crippen molar-refractivity contribution in [3.8, 4) is 22.6 Å². The maximum atomic E-state index is 12.3. The molecular weight excluding hydrogens is 409 g/mol. The Bertz CT molecular complexity index is 862. The maximum Gasteiger partial charge on any atom is 0.573 e. The molecule has 0 bridgehead atoms. The van der Waals surface area contributed by atoms with Crippen molar-refractivity contribution in [2.24, 2.45) is 0 Å². The molecule has 0 atom stereocenters. The van der Waals surface area contributed by atoms with E-state index in [9.17, 15) is 13.2 Å². The van der Waals surface area contributed by atoms with Crippen molar-refractivity contribution >= 4 is 15.9 Å². The van der Waals surface area contributed by atoms with Gasteiger partial charge in [-0.3, -0.25) is 0 Å². The van der Waals surface area contributed by atoms with Crippen LogP contribution >= 0.6 is 15.9 Å². The number of hydrogen-bond donors (Lipinski definition) is 0. The van der Waals surface area contributed by atoms with Gasteiger partial charge in [0, 0.05) is 10.0 Å². The lowest BCUT2D eigenvalue weighted by Gasteiger charge is -2.13. The molecule has 26 heavy (non-hydrogen) atoms. The summed E-state index contributed by atoms with van der Waals surface area (Å²) in [5.74, 6) is 0.379. The predicted molar refractivity (Wildman–Crippen MR) is 97.0 cm³/mol. The monoisotopic (exact) mass is 422 g/mol. The Morgan fingerprint density at radius 2 is 1.54 bits per heavy atom. The van der Waals surface area contributed by atoms with Crippen LogP contribution in [-0.4, -0.2) is 6.36 Å². The van der Waals surface area contributed by atoms with Gasteiger partial charge in [0.2, 0.25) is 0 Å². The Morgan fingerprint density at radius 3 is 2.19 bits per heavy atom. The molecule has 0 unspecified atom stereocenters. The van der Waals surface area contributed by atoms with E-state index in [-0.39, 0.29) is 5.75 Å². The van der Waals surface area contributed by atoms with Gasteiger partial charge >= 0.3 is 6.36 Å². The molecule has 0 saturated heterocycles. The molecule has 0 saturated carbocycles. The highest BCUT2D eigenvalue weighted by Gasteiger charge is 2.31. The second-order valence-electron chi connectivity index (χ2n) is 5.49. The van der Waals surface area contributed by atoms with Gasteiger partial charge < -0.3 is 9.47 Å². The van der Waals surface area contributed by atoms with E-state index in [0.29, 0.717) is 12.4 Å². The third-order valence-corrected chi connectivity index (χ3v) is 4.07. The second kappa shape index (κ2) is 7.83. The fourth-order valence-corrected chi connectivity index (χ4v) is 2.79. The van der Waals surface area contributed by atoms with Gasteiger partial charge in [-0.1, -0.05) is 58.4 Å². The number of alkyl halides is 3. The Kier molecular flexibility index (Phi) is 5.52. The van der Waals surface area contributed by atoms with Crippen molar-refractivity contribution in [1.82, 2.24) is 0 Å². The van der Waals surface area contributed by atoms with Gasteiger partial charge in [0.25, 0.3) is 0 Å². The number of halogens is 4. The van der Waals surface area contributed by atoms with E-state index < -0.39 is 6.36 Å². The third kappa shape index (κ3) is 5.02. The predicted octanol–water partition coefficient (Wildman–Crippen LogP) is 6.59. The molecule has 0 fully saturated rings. The van der Waals surface area contributed by atoms with Gasteiger partial charge in [0.05, 0.1) is 0 Å². The van der Waals surface area contributed by atoms with Crippen LogP contribution in [0, 0.1) is 0 Å². The molecule has 0 radical (unpaired) electrons. The summed E-state index contributed by atoms with van der Waals surface area (Å²) >= 11 is 3.41. The van der Waals surface area contributed by atoms with Crippen LogP contribution in [0.1, 0.15) is 5.56 Å². The Labute approximate surface area is 157 Å². The minimum atomic E-state index is -4.71. The Morgan fingerprint density at radius 1 is 0.846 bits per heavy atom. The normalized spacial score (nSPS) is 11.2. The van der Waals surface area contributed by atoms with E-state index in [4.69, 9.17) is 4.74 Å². The summed E-state index contributed by atoms with van der Waals surface area (Å²) in [5, 5.41) is 0. The Balaban J connectivity index is 1.83. The van der Waals surface area contributed by atoms with Crippen LogP contribution in [0.2, 0.25) is 0 Å². The highest BCUT2D eigenvalue weighted by Crippen LogP contribution is 2.34. The minimum absolute atomic E-state index is 0.261. The molecule has 0 amide bonds. The van der Waals surface area contributed by atoms with Gasteiger partial charge in [-0.15, -0.1) is 13.2 Å². The first-order valence-electron chi connectivity index (χ1n) is 7.73. The molecule has 0 aromatic heterocycles. The summed E-state index contributed by atoms with van der Waals surface area (Å²) in [4.78, 5) is 0. The first-order chi connectivity index (χ1) is 12.4. The highest BCUT2D eigenvalue weighted by atomic mass is 79.9. The topological polar surface area (TPSA) is 18.5 Å². The van der Waals surface area contributed by atoms with E-state index >= 15 is 0 Å². The van der Waals surface area contributed by atoms with Gasteiger partial charge in [0.15, 0.2) is 0 Å². The first kappa shape index (κ1) is 18.3. The van der Waals surface area contributed by atoms with Crippen molar-refractivity contribution < 1.29 is 22.6 Å². The molecule has 0 N–H and O–H groups in total. The highest BCUT2D eigenvalue weighted by molar-refractivity contribution is 9.10. The molecular formula is C20H14BrF3O2. The van der Waals surface area contributed by atoms with Gasteiger partial charge in [0.1, 0.15) is 18.1 Å². The fraction of sp³-hybridized carbons (Fsp3) is 0.100. The zero-order valence-corrected chi connectivity index (χ0v) is 15.0. The molecule has 6 heteroatoms. The molecule has 0 heterocycles. The van der Waals surface area contributed by atoms with E-state index in [1.165, 1.54) is 12.1 Å². The summed E-state index contributed by atoms with van der Waals surface area (Å²) in [5.41, 5.74) is 2.52. The van der Waals surface area contributed by atoms with Crippen molar-refractivity contribution in [2.45, 2.75) is 13.0 Å². The largest absolute Gasteiger partial charge is 0.573 e. The van der Waals surface area contributed by atoms with E-state index in [0.717, 1.165) is 21.2 Å². The Hall–Kier alpha value is -2.47. The maximum absolute atomic E-state index is 12.3. The second-order valence-corrected chi connectivity index (χ2v) is 6.40. The zero-order valence-electron chi connectivity index (χ0n) is 13.5. The van der Waals surface area contributed by atoms with Gasteiger partial charge in [-0.2, -0.15) is 0 Å². The number of hydrogen-bond acceptors (Lipinski definition) is 2. The lowest BCUT2D eigenvalue weighted by atomic mass is 10.0. The molecule has 0 spiro atoms. The average molecular weight is 423 g/mol. The standard InChI is InChI=1S/C20H14BrF3O2/c21-16-8-11-19(25-13-14-4-2-1-3-5-14)18(12-16)15-6-9-17(10-7-15)26-20(22,23)24/h1-12H,13H2.